The van der Waals surface area contributed by atoms with E-state index in [1.807, 2.05) is 0 Å². The van der Waals surface area contributed by atoms with Crippen LogP contribution in [0.1, 0.15) is 0 Å². The molecule has 0 spiro atoms. The molecule has 2 aliphatic heterocycles. The lowest BCUT2D eigenvalue weighted by Gasteiger charge is -2.22. The van der Waals surface area contributed by atoms with Gasteiger partial charge in [-0.05, 0) is 0 Å². The maximum absolute atomic E-state index is 10.9. The van der Waals surface area contributed by atoms with Crippen molar-refractivity contribution in [3.05, 3.63) is 0 Å². The van der Waals surface area contributed by atoms with Crippen molar-refractivity contribution in [2.24, 2.45) is 0 Å². The first kappa shape index (κ1) is 7.75. The summed E-state index contributed by atoms with van der Waals surface area (Å²) in [6, 6.07) is -1.02. The Hall–Kier alpha value is -0.880. The van der Waals surface area contributed by atoms with Gasteiger partial charge in [-0.2, -0.15) is 4.42 Å². The summed E-state index contributed by atoms with van der Waals surface area (Å²) in [5.74, 6) is 0. The maximum Gasteiger partial charge on any atom is 0.337 e. The Kier molecular flexibility index (Phi) is 1.34. The number of amides is 4. The molecule has 6 nitrogen and oxygen atoms in total. The molecule has 2 rings (SSSR count). The van der Waals surface area contributed by atoms with E-state index in [0.717, 1.165) is 0 Å². The standard InChI is InChI=1S/C4H4Cl2N4O2/c5-4-1(7-2(11)9-4)8-3(12)10(4)6/h1H,(H,8,12)(H2,7,9,11). The fourth-order valence-corrected chi connectivity index (χ4v) is 1.58. The fraction of sp³-hybridized carbons (Fsp3) is 0.500. The fourth-order valence-electron chi connectivity index (χ4n) is 1.12. The van der Waals surface area contributed by atoms with Gasteiger partial charge in [-0.25, -0.2) is 9.59 Å². The second-order valence-corrected chi connectivity index (χ2v) is 3.35. The van der Waals surface area contributed by atoms with Gasteiger partial charge < -0.3 is 10.6 Å². The summed E-state index contributed by atoms with van der Waals surface area (Å²) in [7, 11) is 0. The molecule has 12 heavy (non-hydrogen) atoms. The number of halogens is 2. The van der Waals surface area contributed by atoms with Crippen LogP contribution in [0.4, 0.5) is 9.59 Å². The zero-order valence-electron chi connectivity index (χ0n) is 5.60. The van der Waals surface area contributed by atoms with E-state index in [9.17, 15) is 9.59 Å². The molecule has 0 aromatic rings. The van der Waals surface area contributed by atoms with Crippen LogP contribution in [0.2, 0.25) is 0 Å². The van der Waals surface area contributed by atoms with E-state index in [2.05, 4.69) is 16.0 Å². The lowest BCUT2D eigenvalue weighted by atomic mass is 10.4. The minimum absolute atomic E-state index is 0.472. The molecule has 8 heteroatoms. The smallest absolute Gasteiger partial charge is 0.313 e. The van der Waals surface area contributed by atoms with E-state index in [-0.39, 0.29) is 0 Å². The van der Waals surface area contributed by atoms with E-state index in [0.29, 0.717) is 4.42 Å². The molecule has 0 radical (unpaired) electrons. The third kappa shape index (κ3) is 0.760. The lowest BCUT2D eigenvalue weighted by molar-refractivity contribution is 0.222. The Morgan fingerprint density at radius 1 is 1.42 bits per heavy atom. The van der Waals surface area contributed by atoms with Gasteiger partial charge in [0.1, 0.15) is 0 Å². The first-order chi connectivity index (χ1) is 5.54. The zero-order valence-corrected chi connectivity index (χ0v) is 7.11. The number of urea groups is 2. The number of fused-ring (bicyclic) bond motifs is 1. The number of hydrogen-bond acceptors (Lipinski definition) is 2. The molecule has 2 heterocycles. The van der Waals surface area contributed by atoms with Crippen LogP contribution in [-0.2, 0) is 0 Å². The summed E-state index contributed by atoms with van der Waals surface area (Å²) >= 11 is 11.3. The van der Waals surface area contributed by atoms with Gasteiger partial charge in [0.25, 0.3) is 0 Å². The van der Waals surface area contributed by atoms with E-state index in [1.165, 1.54) is 0 Å². The Morgan fingerprint density at radius 3 is 2.67 bits per heavy atom. The van der Waals surface area contributed by atoms with Crippen LogP contribution in [0, 0.1) is 0 Å². The van der Waals surface area contributed by atoms with Crippen molar-refractivity contribution >= 4 is 35.4 Å². The predicted octanol–water partition coefficient (Wildman–Crippen LogP) is -0.303. The van der Waals surface area contributed by atoms with Gasteiger partial charge in [0.15, 0.2) is 6.17 Å². The summed E-state index contributed by atoms with van der Waals surface area (Å²) in [5, 5.41) is 5.65. The molecular weight excluding hydrogens is 207 g/mol. The maximum atomic E-state index is 10.9. The normalized spacial score (nSPS) is 38.8. The molecule has 0 aromatic heterocycles. The summed E-state index contributed by atoms with van der Waals surface area (Å²) in [6.07, 6.45) is -0.698. The molecule has 4 amide bonds. The highest BCUT2D eigenvalue weighted by Crippen LogP contribution is 2.31. The quantitative estimate of drug-likeness (QED) is 0.292. The van der Waals surface area contributed by atoms with Crippen molar-refractivity contribution in [1.82, 2.24) is 20.4 Å². The molecule has 2 atom stereocenters. The van der Waals surface area contributed by atoms with Crippen LogP contribution in [0.15, 0.2) is 0 Å². The monoisotopic (exact) mass is 210 g/mol. The Labute approximate surface area is 77.3 Å². The number of hydrogen-bond donors (Lipinski definition) is 3. The molecule has 0 aliphatic carbocycles. The number of carbonyl (C=O) groups excluding carboxylic acids is 2. The average Bonchev–Trinajstić information content (AvgIpc) is 2.34. The van der Waals surface area contributed by atoms with E-state index >= 15 is 0 Å². The summed E-state index contributed by atoms with van der Waals surface area (Å²) in [5.41, 5.74) is 0. The minimum Gasteiger partial charge on any atom is -0.313 e. The van der Waals surface area contributed by atoms with E-state index in [1.54, 1.807) is 0 Å². The Morgan fingerprint density at radius 2 is 2.08 bits per heavy atom. The highest BCUT2D eigenvalue weighted by Gasteiger charge is 2.58. The van der Waals surface area contributed by atoms with Crippen LogP contribution in [-0.4, -0.2) is 27.8 Å². The van der Waals surface area contributed by atoms with Gasteiger partial charge in [-0.15, -0.1) is 0 Å². The van der Waals surface area contributed by atoms with Crippen molar-refractivity contribution in [3.63, 3.8) is 0 Å². The molecule has 66 valence electrons. The molecule has 2 fully saturated rings. The predicted molar refractivity (Wildman–Crippen MR) is 40.3 cm³/mol. The second kappa shape index (κ2) is 2.08. The number of alkyl halides is 1. The highest BCUT2D eigenvalue weighted by molar-refractivity contribution is 6.34. The molecule has 3 N–H and O–H groups in total. The first-order valence-electron chi connectivity index (χ1n) is 3.08. The van der Waals surface area contributed by atoms with Crippen molar-refractivity contribution in [2.75, 3.05) is 0 Å². The first-order valence-corrected chi connectivity index (χ1v) is 3.80. The lowest BCUT2D eigenvalue weighted by Crippen LogP contribution is -2.49. The SMILES string of the molecule is O=C1NC2NC(=O)N(Cl)C2(Cl)N1. The van der Waals surface area contributed by atoms with Crippen LogP contribution < -0.4 is 16.0 Å². The largest absolute Gasteiger partial charge is 0.337 e. The molecular formula is C4H4Cl2N4O2. The van der Waals surface area contributed by atoms with Gasteiger partial charge in [0.05, 0.1) is 0 Å². The number of nitrogens with one attached hydrogen (secondary N) is 3. The number of carbonyl (C=O) groups is 2. The highest BCUT2D eigenvalue weighted by atomic mass is 35.5. The number of nitrogens with zero attached hydrogens (tertiary/aromatic N) is 1. The van der Waals surface area contributed by atoms with E-state index < -0.39 is 23.4 Å². The average molecular weight is 211 g/mol. The summed E-state index contributed by atoms with van der Waals surface area (Å²) in [6.45, 7) is 0. The van der Waals surface area contributed by atoms with Crippen molar-refractivity contribution in [1.29, 1.82) is 0 Å². The third-order valence-corrected chi connectivity index (χ3v) is 2.67. The van der Waals surface area contributed by atoms with Gasteiger partial charge in [-0.3, -0.25) is 5.32 Å². The Balaban J connectivity index is 2.33. The van der Waals surface area contributed by atoms with Gasteiger partial charge >= 0.3 is 12.1 Å². The van der Waals surface area contributed by atoms with Crippen molar-refractivity contribution < 1.29 is 9.59 Å². The summed E-state index contributed by atoms with van der Waals surface area (Å²) in [4.78, 5) is 21.7. The third-order valence-electron chi connectivity index (χ3n) is 1.68. The second-order valence-electron chi connectivity index (χ2n) is 2.44. The number of rotatable bonds is 0. The topological polar surface area (TPSA) is 73.5 Å². The van der Waals surface area contributed by atoms with Gasteiger partial charge in [-0.1, -0.05) is 11.6 Å². The van der Waals surface area contributed by atoms with Gasteiger partial charge in [0, 0.05) is 11.8 Å². The molecule has 0 saturated carbocycles. The van der Waals surface area contributed by atoms with Crippen molar-refractivity contribution in [3.8, 4) is 0 Å². The minimum atomic E-state index is -1.39. The van der Waals surface area contributed by atoms with Crippen LogP contribution >= 0.6 is 23.4 Å². The van der Waals surface area contributed by atoms with Crippen LogP contribution in [0.25, 0.3) is 0 Å². The Bertz CT molecular complexity index is 272. The molecule has 2 unspecified atom stereocenters. The molecule has 2 aliphatic rings. The van der Waals surface area contributed by atoms with Crippen LogP contribution in [0.3, 0.4) is 0 Å². The summed E-state index contributed by atoms with van der Waals surface area (Å²) < 4.78 is 0.705. The zero-order chi connectivity index (χ0) is 8.93. The van der Waals surface area contributed by atoms with Gasteiger partial charge in [0.2, 0.25) is 5.12 Å². The van der Waals surface area contributed by atoms with Crippen molar-refractivity contribution in [2.45, 2.75) is 11.3 Å². The van der Waals surface area contributed by atoms with Crippen LogP contribution in [0.5, 0.6) is 0 Å². The molecule has 0 bridgehead atoms. The van der Waals surface area contributed by atoms with E-state index in [4.69, 9.17) is 23.4 Å². The molecule has 2 saturated heterocycles. The molecule has 0 aromatic carbocycles.